The number of aryl methyl sites for hydroxylation is 1. The third-order valence-electron chi connectivity index (χ3n) is 3.20. The summed E-state index contributed by atoms with van der Waals surface area (Å²) in [6.45, 7) is 2.00. The van der Waals surface area contributed by atoms with Crippen LogP contribution in [0.15, 0.2) is 53.6 Å². The van der Waals surface area contributed by atoms with Gasteiger partial charge in [0.05, 0.1) is 6.21 Å². The lowest BCUT2D eigenvalue weighted by Gasteiger charge is -2.12. The Morgan fingerprint density at radius 3 is 2.38 bits per heavy atom. The maximum absolute atomic E-state index is 12.0. The van der Waals surface area contributed by atoms with E-state index in [2.05, 4.69) is 10.5 Å². The Labute approximate surface area is 125 Å². The fraction of sp³-hybridized carbons (Fsp3) is 0.176. The summed E-state index contributed by atoms with van der Waals surface area (Å²) in [4.78, 5) is 13.9. The molecular weight excluding hydrogens is 262 g/mol. The van der Waals surface area contributed by atoms with Crippen LogP contribution >= 0.6 is 0 Å². The molecule has 2 rings (SSSR count). The van der Waals surface area contributed by atoms with Gasteiger partial charge < -0.3 is 4.90 Å². The van der Waals surface area contributed by atoms with Crippen molar-refractivity contribution in [2.24, 2.45) is 5.10 Å². The third-order valence-corrected chi connectivity index (χ3v) is 3.20. The van der Waals surface area contributed by atoms with E-state index in [-0.39, 0.29) is 5.91 Å². The summed E-state index contributed by atoms with van der Waals surface area (Å²) in [6, 6.07) is 15.2. The molecule has 21 heavy (non-hydrogen) atoms. The Bertz CT molecular complexity index is 645. The van der Waals surface area contributed by atoms with Gasteiger partial charge in [-0.2, -0.15) is 5.10 Å². The lowest BCUT2D eigenvalue weighted by atomic mass is 10.1. The number of rotatable bonds is 4. The quantitative estimate of drug-likeness (QED) is 0.692. The predicted molar refractivity (Wildman–Crippen MR) is 87.0 cm³/mol. The number of hydrazone groups is 1. The van der Waals surface area contributed by atoms with Crippen molar-refractivity contribution in [1.82, 2.24) is 5.43 Å². The number of amides is 1. The normalized spacial score (nSPS) is 10.6. The first-order chi connectivity index (χ1) is 10.1. The van der Waals surface area contributed by atoms with Gasteiger partial charge in [0, 0.05) is 25.3 Å². The molecule has 0 spiro atoms. The van der Waals surface area contributed by atoms with Crippen molar-refractivity contribution in [3.63, 3.8) is 0 Å². The molecule has 0 atom stereocenters. The van der Waals surface area contributed by atoms with Gasteiger partial charge in [0.15, 0.2) is 0 Å². The van der Waals surface area contributed by atoms with Gasteiger partial charge in [0.1, 0.15) is 0 Å². The zero-order chi connectivity index (χ0) is 15.2. The smallest absolute Gasteiger partial charge is 0.271 e. The van der Waals surface area contributed by atoms with E-state index in [1.165, 1.54) is 0 Å². The molecule has 2 aromatic rings. The molecule has 0 bridgehead atoms. The SMILES string of the molecule is Cc1ccccc1/C=N/NC(=O)c1ccc(N(C)C)cc1. The molecule has 0 aromatic heterocycles. The summed E-state index contributed by atoms with van der Waals surface area (Å²) >= 11 is 0. The highest BCUT2D eigenvalue weighted by atomic mass is 16.2. The average molecular weight is 281 g/mol. The molecule has 0 aliphatic carbocycles. The zero-order valence-electron chi connectivity index (χ0n) is 12.5. The number of anilines is 1. The van der Waals surface area contributed by atoms with Crippen LogP contribution in [0.5, 0.6) is 0 Å². The molecule has 0 saturated carbocycles. The summed E-state index contributed by atoms with van der Waals surface area (Å²) in [7, 11) is 3.92. The highest BCUT2D eigenvalue weighted by Crippen LogP contribution is 2.12. The standard InChI is InChI=1S/C17H19N3O/c1-13-6-4-5-7-15(13)12-18-19-17(21)14-8-10-16(11-9-14)20(2)3/h4-12H,1-3H3,(H,19,21)/b18-12+. The van der Waals surface area contributed by atoms with Gasteiger partial charge in [0.25, 0.3) is 5.91 Å². The number of carbonyl (C=O) groups excluding carboxylic acids is 1. The molecule has 0 aliphatic rings. The average Bonchev–Trinajstić information content (AvgIpc) is 2.49. The van der Waals surface area contributed by atoms with E-state index in [1.807, 2.05) is 62.3 Å². The minimum absolute atomic E-state index is 0.217. The van der Waals surface area contributed by atoms with Crippen LogP contribution in [0.2, 0.25) is 0 Å². The molecular formula is C17H19N3O. The maximum atomic E-state index is 12.0. The van der Waals surface area contributed by atoms with Crippen molar-refractivity contribution >= 4 is 17.8 Å². The lowest BCUT2D eigenvalue weighted by molar-refractivity contribution is 0.0955. The second-order valence-corrected chi connectivity index (χ2v) is 5.00. The van der Waals surface area contributed by atoms with Gasteiger partial charge in [-0.1, -0.05) is 24.3 Å². The van der Waals surface area contributed by atoms with E-state index in [0.29, 0.717) is 5.56 Å². The van der Waals surface area contributed by atoms with E-state index >= 15 is 0 Å². The molecule has 0 aliphatic heterocycles. The van der Waals surface area contributed by atoms with Crippen LogP contribution in [0.25, 0.3) is 0 Å². The molecule has 0 radical (unpaired) electrons. The molecule has 4 nitrogen and oxygen atoms in total. The first kappa shape index (κ1) is 14.8. The summed E-state index contributed by atoms with van der Waals surface area (Å²) in [5.74, 6) is -0.217. The van der Waals surface area contributed by atoms with E-state index < -0.39 is 0 Å². The summed E-state index contributed by atoms with van der Waals surface area (Å²) in [5.41, 5.74) is 6.28. The van der Waals surface area contributed by atoms with E-state index in [1.54, 1.807) is 18.3 Å². The Hall–Kier alpha value is -2.62. The number of carbonyl (C=O) groups is 1. The third kappa shape index (κ3) is 3.92. The fourth-order valence-corrected chi connectivity index (χ4v) is 1.87. The van der Waals surface area contributed by atoms with Crippen LogP contribution < -0.4 is 10.3 Å². The van der Waals surface area contributed by atoms with Crippen molar-refractivity contribution < 1.29 is 4.79 Å². The monoisotopic (exact) mass is 281 g/mol. The first-order valence-corrected chi connectivity index (χ1v) is 6.74. The molecule has 1 N–H and O–H groups in total. The summed E-state index contributed by atoms with van der Waals surface area (Å²) in [6.07, 6.45) is 1.65. The van der Waals surface area contributed by atoms with Gasteiger partial charge in [-0.05, 0) is 42.3 Å². The Balaban J connectivity index is 2.00. The summed E-state index contributed by atoms with van der Waals surface area (Å²) < 4.78 is 0. The molecule has 1 amide bonds. The van der Waals surface area contributed by atoms with Gasteiger partial charge in [0.2, 0.25) is 0 Å². The van der Waals surface area contributed by atoms with Crippen LogP contribution in [0.4, 0.5) is 5.69 Å². The largest absolute Gasteiger partial charge is 0.378 e. The number of nitrogens with one attached hydrogen (secondary N) is 1. The Kier molecular flexibility index (Phi) is 4.72. The predicted octanol–water partition coefficient (Wildman–Crippen LogP) is 2.82. The van der Waals surface area contributed by atoms with Crippen molar-refractivity contribution in [2.75, 3.05) is 19.0 Å². The van der Waals surface area contributed by atoms with Gasteiger partial charge in [-0.3, -0.25) is 4.79 Å². The van der Waals surface area contributed by atoms with Crippen LogP contribution in [-0.4, -0.2) is 26.2 Å². The Morgan fingerprint density at radius 2 is 1.76 bits per heavy atom. The maximum Gasteiger partial charge on any atom is 0.271 e. The lowest BCUT2D eigenvalue weighted by Crippen LogP contribution is -2.18. The van der Waals surface area contributed by atoms with Crippen molar-refractivity contribution in [3.05, 3.63) is 65.2 Å². The summed E-state index contributed by atoms with van der Waals surface area (Å²) in [5, 5.41) is 4.00. The minimum Gasteiger partial charge on any atom is -0.378 e. The first-order valence-electron chi connectivity index (χ1n) is 6.74. The van der Waals surface area contributed by atoms with Gasteiger partial charge in [-0.15, -0.1) is 0 Å². The second-order valence-electron chi connectivity index (χ2n) is 5.00. The van der Waals surface area contributed by atoms with E-state index in [4.69, 9.17) is 0 Å². The molecule has 2 aromatic carbocycles. The molecule has 4 heteroatoms. The van der Waals surface area contributed by atoms with E-state index in [9.17, 15) is 4.79 Å². The molecule has 0 unspecified atom stereocenters. The Morgan fingerprint density at radius 1 is 1.10 bits per heavy atom. The number of nitrogens with zero attached hydrogens (tertiary/aromatic N) is 2. The van der Waals surface area contributed by atoms with Crippen LogP contribution in [-0.2, 0) is 0 Å². The zero-order valence-corrected chi connectivity index (χ0v) is 12.5. The van der Waals surface area contributed by atoms with E-state index in [0.717, 1.165) is 16.8 Å². The van der Waals surface area contributed by atoms with Gasteiger partial charge >= 0.3 is 0 Å². The molecule has 0 heterocycles. The minimum atomic E-state index is -0.217. The number of hydrogen-bond acceptors (Lipinski definition) is 3. The number of hydrogen-bond donors (Lipinski definition) is 1. The van der Waals surface area contributed by atoms with Gasteiger partial charge in [-0.25, -0.2) is 5.43 Å². The van der Waals surface area contributed by atoms with Crippen LogP contribution in [0, 0.1) is 6.92 Å². The van der Waals surface area contributed by atoms with Crippen molar-refractivity contribution in [3.8, 4) is 0 Å². The highest BCUT2D eigenvalue weighted by molar-refractivity contribution is 5.95. The second kappa shape index (κ2) is 6.70. The topological polar surface area (TPSA) is 44.7 Å². The molecule has 108 valence electrons. The van der Waals surface area contributed by atoms with Crippen molar-refractivity contribution in [2.45, 2.75) is 6.92 Å². The van der Waals surface area contributed by atoms with Crippen molar-refractivity contribution in [1.29, 1.82) is 0 Å². The fourth-order valence-electron chi connectivity index (χ4n) is 1.87. The highest BCUT2D eigenvalue weighted by Gasteiger charge is 2.04. The molecule has 0 fully saturated rings. The van der Waals surface area contributed by atoms with Crippen LogP contribution in [0.3, 0.4) is 0 Å². The number of benzene rings is 2. The molecule has 0 saturated heterocycles. The van der Waals surface area contributed by atoms with Crippen LogP contribution in [0.1, 0.15) is 21.5 Å².